The lowest BCUT2D eigenvalue weighted by Crippen LogP contribution is -2.43. The van der Waals surface area contributed by atoms with Gasteiger partial charge < -0.3 is 26.3 Å². The molecular formula is C27H34N6O2. The molecule has 0 radical (unpaired) electrons. The van der Waals surface area contributed by atoms with Crippen molar-refractivity contribution in [1.82, 2.24) is 14.8 Å². The first-order chi connectivity index (χ1) is 17.0. The molecule has 0 unspecified atom stereocenters. The maximum absolute atomic E-state index is 13.6. The summed E-state index contributed by atoms with van der Waals surface area (Å²) in [7, 11) is 0. The predicted octanol–water partition coefficient (Wildman–Crippen LogP) is 2.49. The number of nitrogens with one attached hydrogen (secondary N) is 2. The van der Waals surface area contributed by atoms with Crippen LogP contribution in [0.3, 0.4) is 0 Å². The van der Waals surface area contributed by atoms with Crippen molar-refractivity contribution in [3.63, 3.8) is 0 Å². The highest BCUT2D eigenvalue weighted by Crippen LogP contribution is 2.26. The monoisotopic (exact) mass is 474 g/mol. The Labute approximate surface area is 205 Å². The van der Waals surface area contributed by atoms with E-state index in [1.165, 1.54) is 5.56 Å². The van der Waals surface area contributed by atoms with E-state index in [0.29, 0.717) is 56.8 Å². The van der Waals surface area contributed by atoms with E-state index in [1.807, 2.05) is 51.9 Å². The third-order valence-electron chi connectivity index (χ3n) is 6.73. The molecule has 1 saturated heterocycles. The maximum Gasteiger partial charge on any atom is 0.270 e. The molecule has 0 saturated carbocycles. The van der Waals surface area contributed by atoms with E-state index < -0.39 is 0 Å². The molecule has 8 nitrogen and oxygen atoms in total. The van der Waals surface area contributed by atoms with E-state index in [-0.39, 0.29) is 23.6 Å². The van der Waals surface area contributed by atoms with Crippen LogP contribution >= 0.6 is 0 Å². The summed E-state index contributed by atoms with van der Waals surface area (Å²) in [5.74, 6) is -0.0406. The molecule has 0 aliphatic carbocycles. The maximum atomic E-state index is 13.6. The van der Waals surface area contributed by atoms with Gasteiger partial charge in [-0.15, -0.1) is 0 Å². The van der Waals surface area contributed by atoms with Crippen LogP contribution < -0.4 is 16.8 Å². The minimum Gasteiger partial charge on any atom is -0.384 e. The fourth-order valence-corrected chi connectivity index (χ4v) is 4.69. The van der Waals surface area contributed by atoms with Gasteiger partial charge in [-0.1, -0.05) is 42.5 Å². The van der Waals surface area contributed by atoms with Crippen LogP contribution in [0.15, 0.2) is 54.6 Å². The van der Waals surface area contributed by atoms with Gasteiger partial charge >= 0.3 is 0 Å². The van der Waals surface area contributed by atoms with Crippen LogP contribution in [0.2, 0.25) is 0 Å². The molecule has 1 aliphatic rings. The smallest absolute Gasteiger partial charge is 0.270 e. The Bertz CT molecular complexity index is 1200. The standard InChI is InChI=1S/C27H34N6O2/c28-12-4-13-31-26(34)20-10-14-32(15-11-20)27(35)24-17-21-7-8-22(25(29)30)18-23(21)33(24)16-9-19-5-2-1-3-6-19/h1-3,5-8,17-18,20H,4,9-16,28H2,(H3,29,30)(H,31,34). The summed E-state index contributed by atoms with van der Waals surface area (Å²) >= 11 is 0. The Morgan fingerprint density at radius 3 is 2.49 bits per heavy atom. The van der Waals surface area contributed by atoms with E-state index >= 15 is 0 Å². The highest BCUT2D eigenvalue weighted by Gasteiger charge is 2.29. The zero-order valence-corrected chi connectivity index (χ0v) is 20.0. The molecule has 4 rings (SSSR count). The summed E-state index contributed by atoms with van der Waals surface area (Å²) in [6.07, 6.45) is 2.85. The number of hydrogen-bond donors (Lipinski definition) is 4. The summed E-state index contributed by atoms with van der Waals surface area (Å²) in [5, 5.41) is 11.7. The van der Waals surface area contributed by atoms with Crippen molar-refractivity contribution < 1.29 is 9.59 Å². The molecule has 8 heteroatoms. The number of fused-ring (bicyclic) bond motifs is 1. The van der Waals surface area contributed by atoms with Gasteiger partial charge in [0, 0.05) is 48.6 Å². The van der Waals surface area contributed by atoms with Gasteiger partial charge in [0.2, 0.25) is 5.91 Å². The first-order valence-electron chi connectivity index (χ1n) is 12.3. The SMILES string of the molecule is N=C(N)c1ccc2cc(C(=O)N3CCC(C(=O)NCCCN)CC3)n(CCc3ccccc3)c2c1. The quantitative estimate of drug-likeness (QED) is 0.216. The summed E-state index contributed by atoms with van der Waals surface area (Å²) in [5.41, 5.74) is 14.6. The van der Waals surface area contributed by atoms with Gasteiger partial charge in [0.25, 0.3) is 5.91 Å². The van der Waals surface area contributed by atoms with Crippen molar-refractivity contribution in [2.24, 2.45) is 17.4 Å². The van der Waals surface area contributed by atoms with Crippen LogP contribution in [-0.4, -0.2) is 53.3 Å². The summed E-state index contributed by atoms with van der Waals surface area (Å²) in [6.45, 7) is 2.88. The number of nitrogens with zero attached hydrogens (tertiary/aromatic N) is 2. The zero-order chi connectivity index (χ0) is 24.8. The normalized spacial score (nSPS) is 14.3. The van der Waals surface area contributed by atoms with Gasteiger partial charge in [-0.05, 0) is 49.9 Å². The highest BCUT2D eigenvalue weighted by atomic mass is 16.2. The van der Waals surface area contributed by atoms with Crippen molar-refractivity contribution in [2.75, 3.05) is 26.2 Å². The lowest BCUT2D eigenvalue weighted by Gasteiger charge is -2.31. The van der Waals surface area contributed by atoms with Gasteiger partial charge in [-0.2, -0.15) is 0 Å². The molecule has 2 aromatic carbocycles. The first kappa shape index (κ1) is 24.5. The zero-order valence-electron chi connectivity index (χ0n) is 20.0. The molecular weight excluding hydrogens is 440 g/mol. The number of carbonyl (C=O) groups is 2. The van der Waals surface area contributed by atoms with Crippen LogP contribution in [0.25, 0.3) is 10.9 Å². The number of aryl methyl sites for hydroxylation is 2. The number of nitrogen functional groups attached to an aromatic ring is 1. The van der Waals surface area contributed by atoms with Crippen molar-refractivity contribution in [3.8, 4) is 0 Å². The first-order valence-corrected chi connectivity index (χ1v) is 12.3. The second kappa shape index (κ2) is 11.2. The third-order valence-corrected chi connectivity index (χ3v) is 6.73. The van der Waals surface area contributed by atoms with Crippen LogP contribution in [-0.2, 0) is 17.8 Å². The van der Waals surface area contributed by atoms with E-state index in [2.05, 4.69) is 17.4 Å². The second-order valence-corrected chi connectivity index (χ2v) is 9.10. The number of piperidine rings is 1. The average Bonchev–Trinajstić information content (AvgIpc) is 3.25. The molecule has 184 valence electrons. The third kappa shape index (κ3) is 5.71. The van der Waals surface area contributed by atoms with Crippen LogP contribution in [0.4, 0.5) is 0 Å². The molecule has 1 fully saturated rings. The Morgan fingerprint density at radius 2 is 1.80 bits per heavy atom. The number of carbonyl (C=O) groups excluding carboxylic acids is 2. The molecule has 2 amide bonds. The minimum absolute atomic E-state index is 0.00222. The topological polar surface area (TPSA) is 130 Å². The molecule has 0 atom stereocenters. The van der Waals surface area contributed by atoms with Gasteiger partial charge in [-0.25, -0.2) is 0 Å². The average molecular weight is 475 g/mol. The number of rotatable bonds is 9. The largest absolute Gasteiger partial charge is 0.384 e. The van der Waals surface area contributed by atoms with E-state index in [9.17, 15) is 9.59 Å². The van der Waals surface area contributed by atoms with Gasteiger partial charge in [-0.3, -0.25) is 15.0 Å². The van der Waals surface area contributed by atoms with E-state index in [0.717, 1.165) is 23.7 Å². The second-order valence-electron chi connectivity index (χ2n) is 9.10. The molecule has 1 aromatic heterocycles. The van der Waals surface area contributed by atoms with Crippen molar-refractivity contribution in [2.45, 2.75) is 32.2 Å². The number of likely N-dealkylation sites (tertiary alicyclic amines) is 1. The molecule has 35 heavy (non-hydrogen) atoms. The van der Waals surface area contributed by atoms with Gasteiger partial charge in [0.15, 0.2) is 0 Å². The molecule has 1 aliphatic heterocycles. The number of benzene rings is 2. The molecule has 6 N–H and O–H groups in total. The summed E-state index contributed by atoms with van der Waals surface area (Å²) in [4.78, 5) is 27.9. The van der Waals surface area contributed by atoms with Crippen LogP contribution in [0.1, 0.15) is 40.9 Å². The van der Waals surface area contributed by atoms with Crippen LogP contribution in [0, 0.1) is 11.3 Å². The number of amides is 2. The Balaban J connectivity index is 1.54. The van der Waals surface area contributed by atoms with E-state index in [4.69, 9.17) is 16.9 Å². The van der Waals surface area contributed by atoms with E-state index in [1.54, 1.807) is 0 Å². The molecule has 2 heterocycles. The number of amidine groups is 1. The summed E-state index contributed by atoms with van der Waals surface area (Å²) in [6, 6.07) is 17.7. The number of nitrogens with two attached hydrogens (primary N) is 2. The highest BCUT2D eigenvalue weighted by molar-refractivity contribution is 6.02. The van der Waals surface area contributed by atoms with Gasteiger partial charge in [0.1, 0.15) is 11.5 Å². The number of aromatic nitrogens is 1. The fourth-order valence-electron chi connectivity index (χ4n) is 4.69. The Kier molecular flexibility index (Phi) is 7.82. The molecule has 0 spiro atoms. The van der Waals surface area contributed by atoms with Crippen molar-refractivity contribution in [3.05, 3.63) is 71.4 Å². The lowest BCUT2D eigenvalue weighted by atomic mass is 9.95. The predicted molar refractivity (Wildman–Crippen MR) is 138 cm³/mol. The number of hydrogen-bond acceptors (Lipinski definition) is 4. The Hall–Kier alpha value is -3.65. The fraction of sp³-hybridized carbons (Fsp3) is 0.370. The van der Waals surface area contributed by atoms with Crippen molar-refractivity contribution in [1.29, 1.82) is 5.41 Å². The van der Waals surface area contributed by atoms with Gasteiger partial charge in [0.05, 0.1) is 0 Å². The molecule has 0 bridgehead atoms. The van der Waals surface area contributed by atoms with Crippen LogP contribution in [0.5, 0.6) is 0 Å². The summed E-state index contributed by atoms with van der Waals surface area (Å²) < 4.78 is 2.04. The Morgan fingerprint density at radius 1 is 1.06 bits per heavy atom. The molecule has 3 aromatic rings. The minimum atomic E-state index is -0.0705. The lowest BCUT2D eigenvalue weighted by molar-refractivity contribution is -0.126. The van der Waals surface area contributed by atoms with Crippen molar-refractivity contribution >= 4 is 28.6 Å².